The molecule has 2 bridgehead atoms. The summed E-state index contributed by atoms with van der Waals surface area (Å²) in [5.74, 6) is 0. The number of hydrogen-bond donors (Lipinski definition) is 2. The average molecular weight is 261 g/mol. The van der Waals surface area contributed by atoms with Crippen molar-refractivity contribution in [2.24, 2.45) is 0 Å². The molecule has 0 aromatic heterocycles. The standard InChI is InChI=1S/C14H20BNO3/c17-15(18)12-3-1-11(2-4-12)7-8-16-13-5-6-14(16)10-19-9-13/h1-4,13-14,17-18H,5-10H2. The smallest absolute Gasteiger partial charge is 0.423 e. The topological polar surface area (TPSA) is 52.9 Å². The Balaban J connectivity index is 1.57. The van der Waals surface area contributed by atoms with Crippen molar-refractivity contribution in [1.82, 2.24) is 4.90 Å². The fourth-order valence-corrected chi connectivity index (χ4v) is 3.19. The maximum Gasteiger partial charge on any atom is 0.488 e. The van der Waals surface area contributed by atoms with E-state index in [1.54, 1.807) is 12.1 Å². The second-order valence-corrected chi connectivity index (χ2v) is 5.53. The van der Waals surface area contributed by atoms with Crippen LogP contribution in [0.1, 0.15) is 18.4 Å². The molecule has 0 saturated carbocycles. The molecule has 1 aromatic rings. The molecule has 102 valence electrons. The summed E-state index contributed by atoms with van der Waals surface area (Å²) in [6.07, 6.45) is 3.54. The van der Waals surface area contributed by atoms with Gasteiger partial charge in [-0.3, -0.25) is 4.90 Å². The summed E-state index contributed by atoms with van der Waals surface area (Å²) >= 11 is 0. The lowest BCUT2D eigenvalue weighted by Crippen LogP contribution is -2.46. The highest BCUT2D eigenvalue weighted by Crippen LogP contribution is 2.28. The molecule has 2 N–H and O–H groups in total. The van der Waals surface area contributed by atoms with Crippen LogP contribution >= 0.6 is 0 Å². The summed E-state index contributed by atoms with van der Waals surface area (Å²) in [6.45, 7) is 2.83. The first-order valence-corrected chi connectivity index (χ1v) is 7.02. The minimum Gasteiger partial charge on any atom is -0.423 e. The van der Waals surface area contributed by atoms with Crippen molar-refractivity contribution in [3.05, 3.63) is 29.8 Å². The van der Waals surface area contributed by atoms with Crippen molar-refractivity contribution >= 4 is 12.6 Å². The van der Waals surface area contributed by atoms with Crippen LogP contribution in [0.4, 0.5) is 0 Å². The number of fused-ring (bicyclic) bond motifs is 2. The molecule has 3 rings (SSSR count). The molecule has 2 saturated heterocycles. The van der Waals surface area contributed by atoms with E-state index in [-0.39, 0.29) is 0 Å². The van der Waals surface area contributed by atoms with Gasteiger partial charge in [0.15, 0.2) is 0 Å². The molecule has 2 heterocycles. The minimum atomic E-state index is -1.37. The second-order valence-electron chi connectivity index (χ2n) is 5.53. The fraction of sp³-hybridized carbons (Fsp3) is 0.571. The Morgan fingerprint density at radius 3 is 2.32 bits per heavy atom. The molecule has 2 aliphatic rings. The molecule has 0 spiro atoms. The summed E-state index contributed by atoms with van der Waals surface area (Å²) in [5, 5.41) is 18.1. The molecule has 0 radical (unpaired) electrons. The quantitative estimate of drug-likeness (QED) is 0.735. The number of nitrogens with zero attached hydrogens (tertiary/aromatic N) is 1. The predicted molar refractivity (Wildman–Crippen MR) is 74.3 cm³/mol. The molecule has 1 aromatic carbocycles. The number of morpholine rings is 1. The zero-order valence-corrected chi connectivity index (χ0v) is 11.0. The Hall–Kier alpha value is -0.875. The molecule has 2 atom stereocenters. The molecule has 19 heavy (non-hydrogen) atoms. The van der Waals surface area contributed by atoms with Crippen molar-refractivity contribution < 1.29 is 14.8 Å². The number of ether oxygens (including phenoxy) is 1. The van der Waals surface area contributed by atoms with Crippen molar-refractivity contribution in [1.29, 1.82) is 0 Å². The molecule has 0 aliphatic carbocycles. The highest BCUT2D eigenvalue weighted by atomic mass is 16.5. The van der Waals surface area contributed by atoms with Crippen LogP contribution in [0.15, 0.2) is 24.3 Å². The van der Waals surface area contributed by atoms with Gasteiger partial charge in [0.05, 0.1) is 13.2 Å². The molecule has 2 unspecified atom stereocenters. The van der Waals surface area contributed by atoms with Gasteiger partial charge in [-0.25, -0.2) is 0 Å². The van der Waals surface area contributed by atoms with Gasteiger partial charge >= 0.3 is 7.12 Å². The van der Waals surface area contributed by atoms with Gasteiger partial charge < -0.3 is 14.8 Å². The Morgan fingerprint density at radius 2 is 1.74 bits per heavy atom. The van der Waals surface area contributed by atoms with Crippen LogP contribution in [0.25, 0.3) is 0 Å². The number of benzene rings is 1. The highest BCUT2D eigenvalue weighted by Gasteiger charge is 2.36. The number of rotatable bonds is 4. The van der Waals surface area contributed by atoms with Gasteiger partial charge in [0.1, 0.15) is 0 Å². The Labute approximate surface area is 114 Å². The second kappa shape index (κ2) is 5.63. The Morgan fingerprint density at radius 1 is 1.11 bits per heavy atom. The van der Waals surface area contributed by atoms with Gasteiger partial charge in [0, 0.05) is 18.6 Å². The molecule has 2 fully saturated rings. The van der Waals surface area contributed by atoms with E-state index in [1.165, 1.54) is 18.4 Å². The van der Waals surface area contributed by atoms with Crippen molar-refractivity contribution in [3.8, 4) is 0 Å². The first-order chi connectivity index (χ1) is 9.24. The maximum atomic E-state index is 9.06. The van der Waals surface area contributed by atoms with E-state index in [4.69, 9.17) is 14.8 Å². The lowest BCUT2D eigenvalue weighted by molar-refractivity contribution is -0.0137. The zero-order valence-electron chi connectivity index (χ0n) is 11.0. The minimum absolute atomic E-state index is 0.551. The largest absolute Gasteiger partial charge is 0.488 e. The third kappa shape index (κ3) is 2.84. The van der Waals surface area contributed by atoms with Gasteiger partial charge in [0.2, 0.25) is 0 Å². The van der Waals surface area contributed by atoms with Crippen LogP contribution in [0.2, 0.25) is 0 Å². The first-order valence-electron chi connectivity index (χ1n) is 7.02. The first kappa shape index (κ1) is 13.1. The van der Waals surface area contributed by atoms with E-state index in [0.29, 0.717) is 17.5 Å². The van der Waals surface area contributed by atoms with Crippen LogP contribution in [0.3, 0.4) is 0 Å². The molecular formula is C14H20BNO3. The van der Waals surface area contributed by atoms with Crippen LogP contribution in [0, 0.1) is 0 Å². The van der Waals surface area contributed by atoms with Crippen LogP contribution in [-0.2, 0) is 11.2 Å². The van der Waals surface area contributed by atoms with Crippen molar-refractivity contribution in [3.63, 3.8) is 0 Å². The summed E-state index contributed by atoms with van der Waals surface area (Å²) in [6, 6.07) is 8.75. The summed E-state index contributed by atoms with van der Waals surface area (Å²) < 4.78 is 5.58. The third-order valence-corrected chi connectivity index (χ3v) is 4.33. The van der Waals surface area contributed by atoms with Crippen LogP contribution in [0.5, 0.6) is 0 Å². The van der Waals surface area contributed by atoms with Gasteiger partial charge in [-0.05, 0) is 30.3 Å². The van der Waals surface area contributed by atoms with E-state index in [1.807, 2.05) is 12.1 Å². The highest BCUT2D eigenvalue weighted by molar-refractivity contribution is 6.58. The van der Waals surface area contributed by atoms with Crippen molar-refractivity contribution in [2.45, 2.75) is 31.3 Å². The van der Waals surface area contributed by atoms with E-state index in [0.717, 1.165) is 26.2 Å². The van der Waals surface area contributed by atoms with E-state index in [9.17, 15) is 0 Å². The van der Waals surface area contributed by atoms with Crippen LogP contribution in [-0.4, -0.2) is 53.9 Å². The van der Waals surface area contributed by atoms with Gasteiger partial charge in [-0.15, -0.1) is 0 Å². The monoisotopic (exact) mass is 261 g/mol. The maximum absolute atomic E-state index is 9.06. The fourth-order valence-electron chi connectivity index (χ4n) is 3.19. The predicted octanol–water partition coefficient (Wildman–Crippen LogP) is -0.228. The lowest BCUT2D eigenvalue weighted by Gasteiger charge is -2.34. The van der Waals surface area contributed by atoms with E-state index >= 15 is 0 Å². The Kier molecular flexibility index (Phi) is 3.89. The third-order valence-electron chi connectivity index (χ3n) is 4.33. The van der Waals surface area contributed by atoms with E-state index < -0.39 is 7.12 Å². The molecule has 2 aliphatic heterocycles. The number of hydrogen-bond acceptors (Lipinski definition) is 4. The normalized spacial score (nSPS) is 26.6. The summed E-state index contributed by atoms with van der Waals surface area (Å²) in [7, 11) is -1.37. The molecular weight excluding hydrogens is 241 g/mol. The molecule has 0 amide bonds. The van der Waals surface area contributed by atoms with Crippen LogP contribution < -0.4 is 5.46 Å². The van der Waals surface area contributed by atoms with E-state index in [2.05, 4.69) is 4.90 Å². The van der Waals surface area contributed by atoms with Gasteiger partial charge in [0.25, 0.3) is 0 Å². The molecule has 4 nitrogen and oxygen atoms in total. The molecule has 5 heteroatoms. The van der Waals surface area contributed by atoms with Gasteiger partial charge in [-0.2, -0.15) is 0 Å². The van der Waals surface area contributed by atoms with Gasteiger partial charge in [-0.1, -0.05) is 24.3 Å². The summed E-state index contributed by atoms with van der Waals surface area (Å²) in [5.41, 5.74) is 1.80. The SMILES string of the molecule is OB(O)c1ccc(CCN2C3CCC2COC3)cc1. The zero-order chi connectivity index (χ0) is 13.2. The Bertz CT molecular complexity index is 407. The average Bonchev–Trinajstić information content (AvgIpc) is 2.65. The summed E-state index contributed by atoms with van der Waals surface area (Å²) in [4.78, 5) is 2.58. The lowest BCUT2D eigenvalue weighted by atomic mass is 9.80. The van der Waals surface area contributed by atoms with Crippen molar-refractivity contribution in [2.75, 3.05) is 19.8 Å².